The van der Waals surface area contributed by atoms with Crippen LogP contribution < -0.4 is 0 Å². The molecule has 0 spiro atoms. The quantitative estimate of drug-likeness (QED) is 0.532. The fourth-order valence-electron chi connectivity index (χ4n) is 1.36. The van der Waals surface area contributed by atoms with E-state index in [1.807, 2.05) is 0 Å². The summed E-state index contributed by atoms with van der Waals surface area (Å²) in [6.07, 6.45) is 0. The van der Waals surface area contributed by atoms with Crippen molar-refractivity contribution in [1.82, 2.24) is 0 Å². The Labute approximate surface area is 94.7 Å². The Kier molecular flexibility index (Phi) is 4.34. The molecule has 9 heteroatoms. The van der Waals surface area contributed by atoms with Gasteiger partial charge in [0, 0.05) is 0 Å². The van der Waals surface area contributed by atoms with Crippen molar-refractivity contribution in [3.8, 4) is 0 Å². The van der Waals surface area contributed by atoms with Gasteiger partial charge in [-0.15, -0.1) is 0 Å². The van der Waals surface area contributed by atoms with E-state index in [0.29, 0.717) is 0 Å². The average molecular weight is 287 g/mol. The van der Waals surface area contributed by atoms with Gasteiger partial charge in [-0.1, -0.05) is 0 Å². The van der Waals surface area contributed by atoms with E-state index in [-0.39, 0.29) is 0 Å². The first-order chi connectivity index (χ1) is 6.21. The maximum absolute atomic E-state index is 10.4. The van der Waals surface area contributed by atoms with Gasteiger partial charge in [0.25, 0.3) is 0 Å². The molecular formula is C6H22O5Si4. The van der Waals surface area contributed by atoms with Crippen LogP contribution in [0.3, 0.4) is 0 Å². The lowest BCUT2D eigenvalue weighted by Crippen LogP contribution is -2.78. The second-order valence-corrected chi connectivity index (χ2v) is 29.5. The third kappa shape index (κ3) is 3.87. The monoisotopic (exact) mass is 286 g/mol. The molecule has 92 valence electrons. The molecule has 0 aliphatic rings. The molecule has 0 saturated carbocycles. The van der Waals surface area contributed by atoms with Crippen LogP contribution in [0.4, 0.5) is 0 Å². The summed E-state index contributed by atoms with van der Waals surface area (Å²) >= 11 is 0. The van der Waals surface area contributed by atoms with Crippen molar-refractivity contribution in [3.63, 3.8) is 0 Å². The van der Waals surface area contributed by atoms with Gasteiger partial charge < -0.3 is 23.3 Å². The molecule has 0 heterocycles. The molecule has 0 fully saturated rings. The van der Waals surface area contributed by atoms with Crippen LogP contribution in [0.25, 0.3) is 0 Å². The normalized spacial score (nSPS) is 15.6. The highest BCUT2D eigenvalue weighted by Crippen LogP contribution is 2.26. The second kappa shape index (κ2) is 4.16. The maximum atomic E-state index is 10.4. The molecule has 0 rings (SSSR count). The van der Waals surface area contributed by atoms with E-state index in [0.717, 1.165) is 0 Å². The Balaban J connectivity index is 5.26. The summed E-state index contributed by atoms with van der Waals surface area (Å²) < 4.78 is 5.37. The summed E-state index contributed by atoms with van der Waals surface area (Å²) in [6, 6.07) is 0. The maximum Gasteiger partial charge on any atom is 0.348 e. The summed E-state index contributed by atoms with van der Waals surface area (Å²) in [7, 11) is -12.5. The van der Waals surface area contributed by atoms with Crippen molar-refractivity contribution in [3.05, 3.63) is 0 Å². The molecule has 0 radical (unpaired) electrons. The fourth-order valence-corrected chi connectivity index (χ4v) is 34.7. The molecule has 0 atom stereocenters. The molecular weight excluding hydrogens is 264 g/mol. The van der Waals surface area contributed by atoms with Gasteiger partial charge in [-0.25, -0.2) is 0 Å². The Morgan fingerprint density at radius 3 is 1.00 bits per heavy atom. The van der Waals surface area contributed by atoms with Crippen LogP contribution in [0.1, 0.15) is 0 Å². The van der Waals surface area contributed by atoms with E-state index in [2.05, 4.69) is 0 Å². The minimum absolute atomic E-state index is 1.52. The average Bonchev–Trinajstić information content (AvgIpc) is 1.77. The van der Waals surface area contributed by atoms with Crippen LogP contribution in [-0.2, 0) is 4.12 Å². The van der Waals surface area contributed by atoms with Crippen molar-refractivity contribution < 1.29 is 23.3 Å². The molecule has 0 aromatic rings. The first-order valence-electron chi connectivity index (χ1n) is 4.80. The number of hydrogen-bond donors (Lipinski definition) is 4. The molecule has 5 nitrogen and oxygen atoms in total. The van der Waals surface area contributed by atoms with Crippen molar-refractivity contribution in [2.45, 2.75) is 39.3 Å². The molecule has 0 aromatic carbocycles. The summed E-state index contributed by atoms with van der Waals surface area (Å²) in [5.41, 5.74) is 0. The predicted molar refractivity (Wildman–Crippen MR) is 68.2 cm³/mol. The Bertz CT molecular complexity index is 211. The van der Waals surface area contributed by atoms with Crippen LogP contribution >= 0.6 is 0 Å². The van der Waals surface area contributed by atoms with Crippen LogP contribution in [-0.4, -0.2) is 51.0 Å². The van der Waals surface area contributed by atoms with Gasteiger partial charge >= 0.3 is 16.2 Å². The molecule has 0 aromatic heterocycles. The zero-order valence-corrected chi connectivity index (χ0v) is 14.2. The first kappa shape index (κ1) is 15.7. The number of hydrogen-bond acceptors (Lipinski definition) is 5. The molecule has 0 unspecified atom stereocenters. The fraction of sp³-hybridized carbons (Fsp3) is 1.00. The van der Waals surface area contributed by atoms with Gasteiger partial charge in [0.1, 0.15) is 0 Å². The van der Waals surface area contributed by atoms with Crippen molar-refractivity contribution in [2.24, 2.45) is 0 Å². The number of rotatable bonds is 4. The molecule has 0 amide bonds. The van der Waals surface area contributed by atoms with Crippen molar-refractivity contribution in [1.29, 1.82) is 0 Å². The predicted octanol–water partition coefficient (Wildman–Crippen LogP) is -0.317. The second-order valence-electron chi connectivity index (χ2n) is 5.31. The minimum Gasteiger partial charge on any atom is -0.429 e. The summed E-state index contributed by atoms with van der Waals surface area (Å²) in [5, 5.41) is 0. The Morgan fingerprint density at radius 2 is 0.933 bits per heavy atom. The van der Waals surface area contributed by atoms with Crippen molar-refractivity contribution >= 4 is 31.8 Å². The smallest absolute Gasteiger partial charge is 0.348 e. The lowest BCUT2D eigenvalue weighted by Gasteiger charge is -2.43. The molecule has 0 saturated heterocycles. The topological polar surface area (TPSA) is 90.2 Å². The van der Waals surface area contributed by atoms with Gasteiger partial charge in [0.2, 0.25) is 15.7 Å². The van der Waals surface area contributed by atoms with E-state index in [1.165, 1.54) is 13.1 Å². The Hall–Kier alpha value is 0.668. The lowest BCUT2D eigenvalue weighted by molar-refractivity contribution is 0.324. The summed E-state index contributed by atoms with van der Waals surface area (Å²) in [6.45, 7) is 9.22. The molecule has 4 N–H and O–H groups in total. The zero-order chi connectivity index (χ0) is 12.7. The van der Waals surface area contributed by atoms with E-state index < -0.39 is 31.8 Å². The van der Waals surface area contributed by atoms with E-state index in [9.17, 15) is 19.2 Å². The third-order valence-corrected chi connectivity index (χ3v) is 31.4. The first-order valence-corrected chi connectivity index (χ1v) is 17.4. The van der Waals surface area contributed by atoms with Crippen LogP contribution in [0.2, 0.25) is 39.3 Å². The largest absolute Gasteiger partial charge is 0.429 e. The van der Waals surface area contributed by atoms with Crippen LogP contribution in [0.15, 0.2) is 0 Å². The van der Waals surface area contributed by atoms with Gasteiger partial charge in [-0.3, -0.25) is 0 Å². The Morgan fingerprint density at radius 1 is 0.667 bits per heavy atom. The van der Waals surface area contributed by atoms with Gasteiger partial charge in [0.05, 0.1) is 0 Å². The van der Waals surface area contributed by atoms with Crippen molar-refractivity contribution in [2.75, 3.05) is 0 Å². The molecule has 0 aliphatic heterocycles. The van der Waals surface area contributed by atoms with E-state index >= 15 is 0 Å². The molecule has 0 bridgehead atoms. The highest BCUT2D eigenvalue weighted by atomic mass is 29.7. The zero-order valence-electron chi connectivity index (χ0n) is 10.2. The van der Waals surface area contributed by atoms with Gasteiger partial charge in [-0.05, 0) is 39.3 Å². The third-order valence-electron chi connectivity index (χ3n) is 2.06. The van der Waals surface area contributed by atoms with E-state index in [4.69, 9.17) is 4.12 Å². The standard InChI is InChI=1S/C6H22O5Si4/c1-12(2,7)11-15(10,13(3,4)8)14(5,6)9/h7-10H,1-6H3. The van der Waals surface area contributed by atoms with Gasteiger partial charge in [0.15, 0.2) is 0 Å². The highest BCUT2D eigenvalue weighted by Gasteiger charge is 2.64. The van der Waals surface area contributed by atoms with Crippen LogP contribution in [0.5, 0.6) is 0 Å². The van der Waals surface area contributed by atoms with E-state index in [1.54, 1.807) is 26.2 Å². The lowest BCUT2D eigenvalue weighted by atomic mass is 11.9. The summed E-state index contributed by atoms with van der Waals surface area (Å²) in [5.74, 6) is 0. The van der Waals surface area contributed by atoms with Gasteiger partial charge in [-0.2, -0.15) is 0 Å². The molecule has 0 aliphatic carbocycles. The molecule has 15 heavy (non-hydrogen) atoms. The SMILES string of the molecule is C[Si](C)(O)O[Si](O)([Si](C)(C)O)[Si](C)(C)O. The summed E-state index contributed by atoms with van der Waals surface area (Å²) in [4.78, 5) is 40.2. The minimum atomic E-state index is -3.59. The highest BCUT2D eigenvalue weighted by molar-refractivity contribution is 7.61. The van der Waals surface area contributed by atoms with Crippen LogP contribution in [0, 0.1) is 0 Å².